The molecule has 0 rings (SSSR count). The van der Waals surface area contributed by atoms with Gasteiger partial charge in [0, 0.05) is 0 Å². The fraction of sp³-hybridized carbons (Fsp3) is 0.900. The maximum absolute atomic E-state index is 11.6. The van der Waals surface area contributed by atoms with Crippen molar-refractivity contribution in [3.63, 3.8) is 0 Å². The minimum Gasteiger partial charge on any atom is -0.459 e. The summed E-state index contributed by atoms with van der Waals surface area (Å²) >= 11 is 2.14. The van der Waals surface area contributed by atoms with Crippen LogP contribution in [0.5, 0.6) is 0 Å². The highest BCUT2D eigenvalue weighted by atomic mass is 127. The molecule has 2 nitrogen and oxygen atoms in total. The minimum atomic E-state index is -0.383. The van der Waals surface area contributed by atoms with Crippen molar-refractivity contribution in [2.24, 2.45) is 5.41 Å². The zero-order valence-corrected chi connectivity index (χ0v) is 11.4. The van der Waals surface area contributed by atoms with Crippen LogP contribution < -0.4 is 0 Å². The smallest absolute Gasteiger partial charge is 0.319 e. The predicted molar refractivity (Wildman–Crippen MR) is 63.1 cm³/mol. The van der Waals surface area contributed by atoms with Gasteiger partial charge in [-0.1, -0.05) is 43.4 Å². The molecule has 0 aromatic carbocycles. The molecule has 0 fully saturated rings. The van der Waals surface area contributed by atoms with Crippen molar-refractivity contribution in [2.75, 3.05) is 0 Å². The Morgan fingerprint density at radius 1 is 1.15 bits per heavy atom. The van der Waals surface area contributed by atoms with Gasteiger partial charge in [-0.05, 0) is 26.2 Å². The van der Waals surface area contributed by atoms with Gasteiger partial charge in [-0.25, -0.2) is 0 Å². The highest BCUT2D eigenvalue weighted by molar-refractivity contribution is 14.1. The standard InChI is InChI=1S/C10H19IO2/c1-9(2,3)7(11)8(12)13-10(4,5)6/h7H,1-6H3. The topological polar surface area (TPSA) is 26.3 Å². The Morgan fingerprint density at radius 3 is 1.77 bits per heavy atom. The third-order valence-electron chi connectivity index (χ3n) is 1.37. The van der Waals surface area contributed by atoms with Crippen LogP contribution in [0.2, 0.25) is 0 Å². The fourth-order valence-corrected chi connectivity index (χ4v) is 0.834. The van der Waals surface area contributed by atoms with E-state index in [0.29, 0.717) is 0 Å². The van der Waals surface area contributed by atoms with Crippen LogP contribution in [-0.4, -0.2) is 15.5 Å². The van der Waals surface area contributed by atoms with Gasteiger partial charge in [-0.3, -0.25) is 4.79 Å². The van der Waals surface area contributed by atoms with Gasteiger partial charge in [-0.15, -0.1) is 0 Å². The molecule has 0 spiro atoms. The summed E-state index contributed by atoms with van der Waals surface area (Å²) in [5, 5.41) is 0. The second-order valence-electron chi connectivity index (χ2n) is 5.26. The van der Waals surface area contributed by atoms with E-state index in [-0.39, 0.29) is 20.9 Å². The van der Waals surface area contributed by atoms with Crippen LogP contribution in [-0.2, 0) is 9.53 Å². The molecule has 0 bridgehead atoms. The van der Waals surface area contributed by atoms with E-state index in [9.17, 15) is 4.79 Å². The summed E-state index contributed by atoms with van der Waals surface area (Å²) in [5.74, 6) is -0.124. The maximum atomic E-state index is 11.6. The number of carbonyl (C=O) groups excluding carboxylic acids is 1. The van der Waals surface area contributed by atoms with Crippen LogP contribution in [0.1, 0.15) is 41.5 Å². The van der Waals surface area contributed by atoms with Crippen molar-refractivity contribution in [1.82, 2.24) is 0 Å². The first-order valence-electron chi connectivity index (χ1n) is 4.41. The minimum absolute atomic E-state index is 0.0388. The molecule has 0 aliphatic carbocycles. The molecule has 13 heavy (non-hydrogen) atoms. The summed E-state index contributed by atoms with van der Waals surface area (Å²) in [4.78, 5) is 11.6. The van der Waals surface area contributed by atoms with Crippen molar-refractivity contribution in [3.05, 3.63) is 0 Å². The van der Waals surface area contributed by atoms with Crippen LogP contribution >= 0.6 is 22.6 Å². The largest absolute Gasteiger partial charge is 0.459 e. The molecular formula is C10H19IO2. The van der Waals surface area contributed by atoms with Gasteiger partial charge >= 0.3 is 5.97 Å². The number of ether oxygens (including phenoxy) is 1. The number of hydrogen-bond acceptors (Lipinski definition) is 2. The maximum Gasteiger partial charge on any atom is 0.319 e. The van der Waals surface area contributed by atoms with Gasteiger partial charge in [0.15, 0.2) is 0 Å². The molecule has 1 atom stereocenters. The molecule has 78 valence electrons. The molecule has 1 unspecified atom stereocenters. The number of halogens is 1. The van der Waals surface area contributed by atoms with Gasteiger partial charge in [0.05, 0.1) is 0 Å². The Hall–Kier alpha value is 0.200. The van der Waals surface area contributed by atoms with Crippen molar-refractivity contribution in [2.45, 2.75) is 51.1 Å². The Morgan fingerprint density at radius 2 is 1.54 bits per heavy atom. The first-order chi connectivity index (χ1) is 5.54. The summed E-state index contributed by atoms with van der Waals surface area (Å²) in [6, 6.07) is 0. The third-order valence-corrected chi connectivity index (χ3v) is 3.75. The van der Waals surface area contributed by atoms with E-state index in [0.717, 1.165) is 0 Å². The summed E-state index contributed by atoms with van der Waals surface area (Å²) in [6.45, 7) is 11.8. The van der Waals surface area contributed by atoms with Gasteiger partial charge < -0.3 is 4.74 Å². The molecule has 0 heterocycles. The highest BCUT2D eigenvalue weighted by Gasteiger charge is 2.32. The molecule has 0 aromatic rings. The lowest BCUT2D eigenvalue weighted by Crippen LogP contribution is -2.35. The van der Waals surface area contributed by atoms with Crippen molar-refractivity contribution < 1.29 is 9.53 Å². The SMILES string of the molecule is CC(C)(C)OC(=O)C(I)C(C)(C)C. The fourth-order valence-electron chi connectivity index (χ4n) is 0.707. The van der Waals surface area contributed by atoms with Crippen LogP contribution in [0, 0.1) is 5.41 Å². The van der Waals surface area contributed by atoms with Gasteiger partial charge in [0.25, 0.3) is 0 Å². The molecule has 0 saturated carbocycles. The molecule has 0 aliphatic rings. The predicted octanol–water partition coefficient (Wildman–Crippen LogP) is 3.18. The number of rotatable bonds is 1. The van der Waals surface area contributed by atoms with Crippen LogP contribution in [0.15, 0.2) is 0 Å². The first-order valence-corrected chi connectivity index (χ1v) is 5.65. The van der Waals surface area contributed by atoms with E-state index in [4.69, 9.17) is 4.74 Å². The average Bonchev–Trinajstić information content (AvgIpc) is 1.79. The number of alkyl halides is 1. The molecule has 0 aromatic heterocycles. The molecule has 0 aliphatic heterocycles. The summed E-state index contributed by atoms with van der Waals surface area (Å²) < 4.78 is 5.19. The van der Waals surface area contributed by atoms with Crippen LogP contribution in [0.4, 0.5) is 0 Å². The van der Waals surface area contributed by atoms with E-state index in [2.05, 4.69) is 22.6 Å². The summed E-state index contributed by atoms with van der Waals surface area (Å²) in [6.07, 6.45) is 0. The monoisotopic (exact) mass is 298 g/mol. The van der Waals surface area contributed by atoms with Gasteiger partial charge in [0.2, 0.25) is 0 Å². The van der Waals surface area contributed by atoms with Crippen molar-refractivity contribution >= 4 is 28.6 Å². The second kappa shape index (κ2) is 4.15. The first kappa shape index (κ1) is 13.2. The van der Waals surface area contributed by atoms with E-state index in [1.54, 1.807) is 0 Å². The van der Waals surface area contributed by atoms with Gasteiger partial charge in [-0.2, -0.15) is 0 Å². The van der Waals surface area contributed by atoms with Gasteiger partial charge in [0.1, 0.15) is 9.53 Å². The lowest BCUT2D eigenvalue weighted by atomic mass is 9.92. The lowest BCUT2D eigenvalue weighted by molar-refractivity contribution is -0.155. The molecular weight excluding hydrogens is 279 g/mol. The summed E-state index contributed by atoms with van der Waals surface area (Å²) in [7, 11) is 0. The Labute approximate surface area is 94.6 Å². The number of esters is 1. The van der Waals surface area contributed by atoms with Crippen molar-refractivity contribution in [3.8, 4) is 0 Å². The molecule has 0 amide bonds. The number of carbonyl (C=O) groups is 1. The Balaban J connectivity index is 4.30. The molecule has 0 radical (unpaired) electrons. The average molecular weight is 298 g/mol. The summed E-state index contributed by atoms with van der Waals surface area (Å²) in [5.41, 5.74) is -0.422. The molecule has 0 saturated heterocycles. The Kier molecular flexibility index (Phi) is 4.22. The van der Waals surface area contributed by atoms with Crippen molar-refractivity contribution in [1.29, 1.82) is 0 Å². The van der Waals surface area contributed by atoms with Crippen LogP contribution in [0.3, 0.4) is 0 Å². The van der Waals surface area contributed by atoms with E-state index >= 15 is 0 Å². The van der Waals surface area contributed by atoms with Crippen LogP contribution in [0.25, 0.3) is 0 Å². The second-order valence-corrected chi connectivity index (χ2v) is 6.51. The quantitative estimate of drug-likeness (QED) is 0.422. The number of hydrogen-bond donors (Lipinski definition) is 0. The highest BCUT2D eigenvalue weighted by Crippen LogP contribution is 2.28. The normalized spacial score (nSPS) is 15.3. The Bertz CT molecular complexity index is 186. The molecule has 0 N–H and O–H groups in total. The lowest BCUT2D eigenvalue weighted by Gasteiger charge is -2.28. The van der Waals surface area contributed by atoms with E-state index < -0.39 is 0 Å². The third kappa shape index (κ3) is 5.49. The van der Waals surface area contributed by atoms with E-state index in [1.807, 2.05) is 41.5 Å². The van der Waals surface area contributed by atoms with E-state index in [1.165, 1.54) is 0 Å². The zero-order valence-electron chi connectivity index (χ0n) is 9.27. The molecule has 3 heteroatoms. The zero-order chi connectivity index (χ0) is 10.9.